The van der Waals surface area contributed by atoms with E-state index in [-0.39, 0.29) is 11.2 Å². The van der Waals surface area contributed by atoms with Gasteiger partial charge in [0.1, 0.15) is 5.82 Å². The third kappa shape index (κ3) is 2.97. The SMILES string of the molecule is COC(=O)c1cncc(NC2(C)CCCCC2)n1. The molecule has 18 heavy (non-hydrogen) atoms. The van der Waals surface area contributed by atoms with Crippen molar-refractivity contribution >= 4 is 11.8 Å². The molecule has 0 radical (unpaired) electrons. The third-order valence-electron chi connectivity index (χ3n) is 3.42. The molecule has 0 saturated heterocycles. The summed E-state index contributed by atoms with van der Waals surface area (Å²) in [7, 11) is 1.34. The van der Waals surface area contributed by atoms with Crippen LogP contribution in [0.2, 0.25) is 0 Å². The lowest BCUT2D eigenvalue weighted by Crippen LogP contribution is -2.37. The van der Waals surface area contributed by atoms with Crippen LogP contribution in [0.4, 0.5) is 5.82 Å². The van der Waals surface area contributed by atoms with Gasteiger partial charge in [0.25, 0.3) is 0 Å². The van der Waals surface area contributed by atoms with E-state index in [1.54, 1.807) is 6.20 Å². The van der Waals surface area contributed by atoms with E-state index < -0.39 is 5.97 Å². The molecule has 1 N–H and O–H groups in total. The molecule has 0 bridgehead atoms. The number of nitrogens with zero attached hydrogens (tertiary/aromatic N) is 2. The molecule has 0 amide bonds. The fourth-order valence-corrected chi connectivity index (χ4v) is 2.40. The molecular weight excluding hydrogens is 230 g/mol. The van der Waals surface area contributed by atoms with Gasteiger partial charge in [-0.25, -0.2) is 9.78 Å². The van der Waals surface area contributed by atoms with Gasteiger partial charge in [0, 0.05) is 5.54 Å². The topological polar surface area (TPSA) is 64.1 Å². The van der Waals surface area contributed by atoms with Crippen molar-refractivity contribution in [3.05, 3.63) is 18.1 Å². The third-order valence-corrected chi connectivity index (χ3v) is 3.42. The summed E-state index contributed by atoms with van der Waals surface area (Å²) in [4.78, 5) is 19.6. The predicted molar refractivity (Wildman–Crippen MR) is 68.5 cm³/mol. The molecule has 1 aliphatic carbocycles. The van der Waals surface area contributed by atoms with Gasteiger partial charge in [-0.1, -0.05) is 19.3 Å². The number of anilines is 1. The van der Waals surface area contributed by atoms with Crippen LogP contribution in [0.15, 0.2) is 12.4 Å². The summed E-state index contributed by atoms with van der Waals surface area (Å²) in [5, 5.41) is 3.40. The minimum absolute atomic E-state index is 0.0572. The highest BCUT2D eigenvalue weighted by Crippen LogP contribution is 2.30. The molecule has 98 valence electrons. The monoisotopic (exact) mass is 249 g/mol. The predicted octanol–water partition coefficient (Wildman–Crippen LogP) is 2.40. The second-order valence-electron chi connectivity index (χ2n) is 5.03. The largest absolute Gasteiger partial charge is 0.464 e. The van der Waals surface area contributed by atoms with Crippen LogP contribution in [0.5, 0.6) is 0 Å². The molecule has 1 fully saturated rings. The van der Waals surface area contributed by atoms with Gasteiger partial charge in [0.2, 0.25) is 0 Å². The minimum atomic E-state index is -0.458. The van der Waals surface area contributed by atoms with Crippen molar-refractivity contribution in [1.82, 2.24) is 9.97 Å². The number of rotatable bonds is 3. The Balaban J connectivity index is 2.11. The lowest BCUT2D eigenvalue weighted by Gasteiger charge is -2.34. The van der Waals surface area contributed by atoms with Crippen molar-refractivity contribution < 1.29 is 9.53 Å². The molecule has 0 spiro atoms. The van der Waals surface area contributed by atoms with E-state index in [1.165, 1.54) is 32.6 Å². The number of hydrogen-bond acceptors (Lipinski definition) is 5. The van der Waals surface area contributed by atoms with Gasteiger partial charge in [0.05, 0.1) is 19.5 Å². The van der Waals surface area contributed by atoms with Crippen molar-refractivity contribution in [2.45, 2.75) is 44.6 Å². The van der Waals surface area contributed by atoms with Crippen molar-refractivity contribution in [3.63, 3.8) is 0 Å². The van der Waals surface area contributed by atoms with Crippen LogP contribution in [-0.4, -0.2) is 28.6 Å². The Hall–Kier alpha value is -1.65. The summed E-state index contributed by atoms with van der Waals surface area (Å²) in [6.07, 6.45) is 9.06. The molecule has 0 aliphatic heterocycles. The van der Waals surface area contributed by atoms with Crippen molar-refractivity contribution in [1.29, 1.82) is 0 Å². The van der Waals surface area contributed by atoms with E-state index in [9.17, 15) is 4.79 Å². The molecule has 1 heterocycles. The summed E-state index contributed by atoms with van der Waals surface area (Å²) in [5.74, 6) is 0.183. The number of nitrogens with one attached hydrogen (secondary N) is 1. The first kappa shape index (κ1) is 12.8. The Kier molecular flexibility index (Phi) is 3.79. The molecule has 0 atom stereocenters. The Morgan fingerprint density at radius 1 is 1.33 bits per heavy atom. The number of carbonyl (C=O) groups excluding carboxylic acids is 1. The van der Waals surface area contributed by atoms with Crippen molar-refractivity contribution in [3.8, 4) is 0 Å². The normalized spacial score (nSPS) is 18.1. The molecule has 1 aromatic heterocycles. The van der Waals surface area contributed by atoms with Crippen molar-refractivity contribution in [2.24, 2.45) is 0 Å². The Morgan fingerprint density at radius 2 is 2.06 bits per heavy atom. The maximum atomic E-state index is 11.4. The second kappa shape index (κ2) is 5.33. The quantitative estimate of drug-likeness (QED) is 0.833. The zero-order valence-corrected chi connectivity index (χ0v) is 10.9. The zero-order valence-electron chi connectivity index (χ0n) is 10.9. The molecule has 1 aromatic rings. The first-order chi connectivity index (χ1) is 8.63. The second-order valence-corrected chi connectivity index (χ2v) is 5.03. The van der Waals surface area contributed by atoms with Gasteiger partial charge in [-0.15, -0.1) is 0 Å². The number of esters is 1. The first-order valence-corrected chi connectivity index (χ1v) is 6.31. The van der Waals surface area contributed by atoms with Gasteiger partial charge in [-0.2, -0.15) is 0 Å². The Bertz CT molecular complexity index is 428. The van der Waals surface area contributed by atoms with Crippen LogP contribution in [0.1, 0.15) is 49.5 Å². The minimum Gasteiger partial charge on any atom is -0.464 e. The lowest BCUT2D eigenvalue weighted by molar-refractivity contribution is 0.0593. The standard InChI is InChI=1S/C13H19N3O2/c1-13(6-4-3-5-7-13)16-11-9-14-8-10(15-11)12(17)18-2/h8-9H,3-7H2,1-2H3,(H,15,16). The van der Waals surface area contributed by atoms with E-state index in [0.717, 1.165) is 12.8 Å². The maximum absolute atomic E-state index is 11.4. The molecule has 1 saturated carbocycles. The van der Waals surface area contributed by atoms with Crippen LogP contribution < -0.4 is 5.32 Å². The highest BCUT2D eigenvalue weighted by atomic mass is 16.5. The van der Waals surface area contributed by atoms with Gasteiger partial charge in [-0.05, 0) is 19.8 Å². The van der Waals surface area contributed by atoms with E-state index in [2.05, 4.69) is 26.9 Å². The number of carbonyl (C=O) groups is 1. The summed E-state index contributed by atoms with van der Waals surface area (Å²) in [6, 6.07) is 0. The maximum Gasteiger partial charge on any atom is 0.358 e. The average molecular weight is 249 g/mol. The molecule has 0 unspecified atom stereocenters. The number of hydrogen-bond donors (Lipinski definition) is 1. The van der Waals surface area contributed by atoms with Gasteiger partial charge in [-0.3, -0.25) is 4.98 Å². The summed E-state index contributed by atoms with van der Waals surface area (Å²) < 4.78 is 4.64. The van der Waals surface area contributed by atoms with Crippen LogP contribution in [0.25, 0.3) is 0 Å². The van der Waals surface area contributed by atoms with Crippen LogP contribution in [0.3, 0.4) is 0 Å². The molecule has 5 nitrogen and oxygen atoms in total. The van der Waals surface area contributed by atoms with Crippen molar-refractivity contribution in [2.75, 3.05) is 12.4 Å². The number of aromatic nitrogens is 2. The smallest absolute Gasteiger partial charge is 0.358 e. The fraction of sp³-hybridized carbons (Fsp3) is 0.615. The zero-order chi connectivity index (χ0) is 13.0. The van der Waals surface area contributed by atoms with Crippen LogP contribution >= 0.6 is 0 Å². The highest BCUT2D eigenvalue weighted by molar-refractivity contribution is 5.87. The summed E-state index contributed by atoms with van der Waals surface area (Å²) >= 11 is 0. The molecule has 0 aromatic carbocycles. The molecule has 1 aliphatic rings. The summed E-state index contributed by atoms with van der Waals surface area (Å²) in [5.41, 5.74) is 0.295. The molecule has 2 rings (SSSR count). The van der Waals surface area contributed by atoms with Gasteiger partial charge in [0.15, 0.2) is 5.69 Å². The lowest BCUT2D eigenvalue weighted by atomic mass is 9.83. The summed E-state index contributed by atoms with van der Waals surface area (Å²) in [6.45, 7) is 2.19. The van der Waals surface area contributed by atoms with Gasteiger partial charge >= 0.3 is 5.97 Å². The van der Waals surface area contributed by atoms with E-state index in [1.807, 2.05) is 0 Å². The van der Waals surface area contributed by atoms with E-state index >= 15 is 0 Å². The van der Waals surface area contributed by atoms with E-state index in [0.29, 0.717) is 5.82 Å². The molecule has 5 heteroatoms. The Labute approximate surface area is 107 Å². The van der Waals surface area contributed by atoms with Crippen LogP contribution in [0, 0.1) is 0 Å². The molecular formula is C13H19N3O2. The highest BCUT2D eigenvalue weighted by Gasteiger charge is 2.27. The van der Waals surface area contributed by atoms with Crippen LogP contribution in [-0.2, 0) is 4.74 Å². The Morgan fingerprint density at radius 3 is 2.72 bits per heavy atom. The van der Waals surface area contributed by atoms with E-state index in [4.69, 9.17) is 0 Å². The average Bonchev–Trinajstić information content (AvgIpc) is 2.38. The fourth-order valence-electron chi connectivity index (χ4n) is 2.40. The first-order valence-electron chi connectivity index (χ1n) is 6.31. The number of ether oxygens (including phenoxy) is 1. The number of methoxy groups -OCH3 is 1. The van der Waals surface area contributed by atoms with Gasteiger partial charge < -0.3 is 10.1 Å².